The molecule has 0 heterocycles. The van der Waals surface area contributed by atoms with Gasteiger partial charge in [0, 0.05) is 5.03 Å². The van der Waals surface area contributed by atoms with Crippen LogP contribution < -0.4 is 0 Å². The van der Waals surface area contributed by atoms with Gasteiger partial charge in [-0.2, -0.15) is 0 Å². The topological polar surface area (TPSA) is 0 Å². The van der Waals surface area contributed by atoms with E-state index in [9.17, 15) is 0 Å². The number of hydrogen-bond donors (Lipinski definition) is 0. The number of rotatable bonds is 2. The Morgan fingerprint density at radius 1 is 1.14 bits per heavy atom. The maximum atomic E-state index is 5.94. The minimum atomic E-state index is 0.860. The summed E-state index contributed by atoms with van der Waals surface area (Å²) < 4.78 is 0. The summed E-state index contributed by atoms with van der Waals surface area (Å²) in [6.07, 6.45) is 8.22. The summed E-state index contributed by atoms with van der Waals surface area (Å²) in [5, 5.41) is 0.860. The predicted octanol–water partition coefficient (Wildman–Crippen LogP) is 3.89. The summed E-state index contributed by atoms with van der Waals surface area (Å²) in [7, 11) is 0. The van der Waals surface area contributed by atoms with Crippen LogP contribution in [0.5, 0.6) is 0 Å². The molecule has 1 radical (unpaired) electrons. The lowest BCUT2D eigenvalue weighted by molar-refractivity contribution is 1.08. The van der Waals surface area contributed by atoms with Gasteiger partial charge in [0.2, 0.25) is 0 Å². The van der Waals surface area contributed by atoms with E-state index in [4.69, 9.17) is 11.6 Å². The number of hydrogen-bond acceptors (Lipinski definition) is 0. The SMILES string of the molecule is ClC1=CC[CH]C(Cc2ccccc2)=C1. The molecule has 14 heavy (non-hydrogen) atoms. The molecule has 1 heteroatoms. The van der Waals surface area contributed by atoms with E-state index in [1.54, 1.807) is 0 Å². The molecule has 0 aliphatic heterocycles. The van der Waals surface area contributed by atoms with Gasteiger partial charge < -0.3 is 0 Å². The Hall–Kier alpha value is -1.01. The van der Waals surface area contributed by atoms with E-state index >= 15 is 0 Å². The summed E-state index contributed by atoms with van der Waals surface area (Å²) in [6, 6.07) is 10.4. The van der Waals surface area contributed by atoms with Crippen molar-refractivity contribution in [3.05, 3.63) is 65.1 Å². The van der Waals surface area contributed by atoms with Crippen LogP contribution in [0.15, 0.2) is 53.1 Å². The Kier molecular flexibility index (Phi) is 3.05. The maximum absolute atomic E-state index is 5.94. The number of benzene rings is 1. The number of halogens is 1. The summed E-state index contributed by atoms with van der Waals surface area (Å²) in [6.45, 7) is 0. The average Bonchev–Trinajstić information content (AvgIpc) is 2.19. The fourth-order valence-electron chi connectivity index (χ4n) is 1.57. The van der Waals surface area contributed by atoms with Crippen LogP contribution in [0.4, 0.5) is 0 Å². The molecule has 0 atom stereocenters. The maximum Gasteiger partial charge on any atom is 0.0366 e. The first-order valence-electron chi connectivity index (χ1n) is 4.78. The van der Waals surface area contributed by atoms with E-state index in [0.717, 1.165) is 17.9 Å². The summed E-state index contributed by atoms with van der Waals surface area (Å²) in [5.41, 5.74) is 2.64. The Balaban J connectivity index is 2.09. The van der Waals surface area contributed by atoms with Crippen molar-refractivity contribution in [1.29, 1.82) is 0 Å². The Bertz CT molecular complexity index is 360. The van der Waals surface area contributed by atoms with Crippen LogP contribution in [-0.4, -0.2) is 0 Å². The van der Waals surface area contributed by atoms with Gasteiger partial charge in [-0.25, -0.2) is 0 Å². The Morgan fingerprint density at radius 2 is 1.93 bits per heavy atom. The monoisotopic (exact) mass is 203 g/mol. The van der Waals surface area contributed by atoms with Crippen LogP contribution in [-0.2, 0) is 6.42 Å². The predicted molar refractivity (Wildman–Crippen MR) is 61.1 cm³/mol. The summed E-state index contributed by atoms with van der Waals surface area (Å²) in [5.74, 6) is 0. The van der Waals surface area contributed by atoms with Crippen molar-refractivity contribution in [3.63, 3.8) is 0 Å². The first-order valence-corrected chi connectivity index (χ1v) is 5.16. The molecule has 0 fully saturated rings. The smallest absolute Gasteiger partial charge is 0.0366 e. The first-order chi connectivity index (χ1) is 6.84. The lowest BCUT2D eigenvalue weighted by Gasteiger charge is -2.10. The second-order valence-electron chi connectivity index (χ2n) is 3.41. The van der Waals surface area contributed by atoms with E-state index < -0.39 is 0 Å². The fraction of sp³-hybridized carbons (Fsp3) is 0.154. The van der Waals surface area contributed by atoms with Gasteiger partial charge in [0.25, 0.3) is 0 Å². The van der Waals surface area contributed by atoms with Gasteiger partial charge in [-0.15, -0.1) is 0 Å². The third-order valence-electron chi connectivity index (χ3n) is 2.27. The molecule has 0 unspecified atom stereocenters. The zero-order valence-electron chi connectivity index (χ0n) is 7.91. The third-order valence-corrected chi connectivity index (χ3v) is 2.53. The van der Waals surface area contributed by atoms with E-state index in [2.05, 4.69) is 30.7 Å². The van der Waals surface area contributed by atoms with Crippen molar-refractivity contribution in [3.8, 4) is 0 Å². The molecular weight excluding hydrogens is 192 g/mol. The highest BCUT2D eigenvalue weighted by molar-refractivity contribution is 6.31. The van der Waals surface area contributed by atoms with E-state index in [-0.39, 0.29) is 0 Å². The first kappa shape index (κ1) is 9.54. The van der Waals surface area contributed by atoms with Gasteiger partial charge in [-0.1, -0.05) is 53.6 Å². The second-order valence-corrected chi connectivity index (χ2v) is 3.85. The fourth-order valence-corrected chi connectivity index (χ4v) is 1.80. The van der Waals surface area contributed by atoms with E-state index in [1.165, 1.54) is 11.1 Å². The molecule has 71 valence electrons. The minimum Gasteiger partial charge on any atom is -0.0847 e. The molecule has 0 saturated heterocycles. The van der Waals surface area contributed by atoms with Gasteiger partial charge >= 0.3 is 0 Å². The van der Waals surface area contributed by atoms with Gasteiger partial charge in [-0.05, 0) is 30.9 Å². The second kappa shape index (κ2) is 4.47. The molecular formula is C13H12Cl. The average molecular weight is 204 g/mol. The van der Waals surface area contributed by atoms with Crippen LogP contribution in [0, 0.1) is 6.42 Å². The normalized spacial score (nSPS) is 16.1. The van der Waals surface area contributed by atoms with E-state index in [1.807, 2.05) is 18.2 Å². The molecule has 1 aliphatic carbocycles. The van der Waals surface area contributed by atoms with E-state index in [0.29, 0.717) is 0 Å². The highest BCUT2D eigenvalue weighted by Crippen LogP contribution is 2.21. The molecule has 0 aromatic heterocycles. The van der Waals surface area contributed by atoms with Crippen molar-refractivity contribution in [2.24, 2.45) is 0 Å². The van der Waals surface area contributed by atoms with Crippen molar-refractivity contribution in [2.75, 3.05) is 0 Å². The number of allylic oxidation sites excluding steroid dienone is 4. The molecule has 0 nitrogen and oxygen atoms in total. The molecule has 1 aromatic carbocycles. The lowest BCUT2D eigenvalue weighted by Crippen LogP contribution is -1.95. The molecule has 1 aromatic rings. The molecule has 1 aliphatic rings. The summed E-state index contributed by atoms with van der Waals surface area (Å²) >= 11 is 5.94. The van der Waals surface area contributed by atoms with Crippen LogP contribution in [0.2, 0.25) is 0 Å². The van der Waals surface area contributed by atoms with Crippen LogP contribution >= 0.6 is 11.6 Å². The van der Waals surface area contributed by atoms with Crippen LogP contribution in [0.1, 0.15) is 12.0 Å². The Labute approximate surface area is 89.9 Å². The van der Waals surface area contributed by atoms with Gasteiger partial charge in [0.1, 0.15) is 0 Å². The molecule has 0 spiro atoms. The van der Waals surface area contributed by atoms with Gasteiger partial charge in [-0.3, -0.25) is 0 Å². The molecule has 0 amide bonds. The molecule has 0 bridgehead atoms. The summed E-state index contributed by atoms with van der Waals surface area (Å²) in [4.78, 5) is 0. The quantitative estimate of drug-likeness (QED) is 0.684. The van der Waals surface area contributed by atoms with Crippen molar-refractivity contribution in [1.82, 2.24) is 0 Å². The standard InChI is InChI=1S/C13H12Cl/c14-13-8-4-7-12(10-13)9-11-5-2-1-3-6-11/h1-3,5-8,10H,4,9H2. The zero-order chi connectivity index (χ0) is 9.80. The highest BCUT2D eigenvalue weighted by Gasteiger charge is 2.04. The molecule has 0 N–H and O–H groups in total. The van der Waals surface area contributed by atoms with Crippen molar-refractivity contribution < 1.29 is 0 Å². The molecule has 2 rings (SSSR count). The zero-order valence-corrected chi connectivity index (χ0v) is 8.67. The largest absolute Gasteiger partial charge is 0.0847 e. The van der Waals surface area contributed by atoms with Crippen molar-refractivity contribution in [2.45, 2.75) is 12.8 Å². The third kappa shape index (κ3) is 2.49. The van der Waals surface area contributed by atoms with Crippen LogP contribution in [0.3, 0.4) is 0 Å². The Morgan fingerprint density at radius 3 is 2.64 bits per heavy atom. The highest BCUT2D eigenvalue weighted by atomic mass is 35.5. The van der Waals surface area contributed by atoms with Gasteiger partial charge in [0.15, 0.2) is 0 Å². The van der Waals surface area contributed by atoms with Gasteiger partial charge in [0.05, 0.1) is 0 Å². The van der Waals surface area contributed by atoms with Crippen molar-refractivity contribution >= 4 is 11.6 Å². The van der Waals surface area contributed by atoms with Crippen LogP contribution in [0.25, 0.3) is 0 Å². The minimum absolute atomic E-state index is 0.860. The lowest BCUT2D eigenvalue weighted by atomic mass is 9.98. The molecule has 0 saturated carbocycles.